The van der Waals surface area contributed by atoms with Crippen LogP contribution in [0.5, 0.6) is 11.5 Å². The van der Waals surface area contributed by atoms with Crippen molar-refractivity contribution >= 4 is 11.8 Å². The van der Waals surface area contributed by atoms with Crippen LogP contribution in [-0.2, 0) is 14.3 Å². The number of carbonyl (C=O) groups excluding carboxylic acids is 2. The minimum Gasteiger partial charge on any atom is -0.507 e. The molecule has 0 bridgehead atoms. The van der Waals surface area contributed by atoms with E-state index in [9.17, 15) is 14.7 Å². The number of rotatable bonds is 4. The summed E-state index contributed by atoms with van der Waals surface area (Å²) in [5.41, 5.74) is 0.464. The quantitative estimate of drug-likeness (QED) is 0.666. The highest BCUT2D eigenvalue weighted by Gasteiger charge is 2.39. The largest absolute Gasteiger partial charge is 0.507 e. The Hall–Kier alpha value is -2.08. The molecule has 2 atom stereocenters. The van der Waals surface area contributed by atoms with E-state index < -0.39 is 18.2 Å². The van der Waals surface area contributed by atoms with Gasteiger partial charge in [-0.15, -0.1) is 0 Å². The Bertz CT molecular complexity index is 551. The fourth-order valence-electron chi connectivity index (χ4n) is 2.29. The van der Waals surface area contributed by atoms with Crippen LogP contribution in [-0.4, -0.2) is 37.2 Å². The van der Waals surface area contributed by atoms with Gasteiger partial charge in [-0.3, -0.25) is 4.79 Å². The van der Waals surface area contributed by atoms with E-state index in [2.05, 4.69) is 0 Å². The van der Waals surface area contributed by atoms with Crippen LogP contribution in [0.2, 0.25) is 0 Å². The van der Waals surface area contributed by atoms with E-state index in [1.165, 1.54) is 27.2 Å². The third kappa shape index (κ3) is 2.34. The molecule has 2 rings (SSSR count). The van der Waals surface area contributed by atoms with Gasteiger partial charge in [0.15, 0.2) is 11.9 Å². The van der Waals surface area contributed by atoms with E-state index in [-0.39, 0.29) is 23.5 Å². The summed E-state index contributed by atoms with van der Waals surface area (Å²) in [6, 6.07) is 3.05. The summed E-state index contributed by atoms with van der Waals surface area (Å²) in [6.45, 7) is 1.35. The number of carbonyl (C=O) groups is 2. The monoisotopic (exact) mass is 280 g/mol. The Morgan fingerprint density at radius 1 is 1.40 bits per heavy atom. The van der Waals surface area contributed by atoms with E-state index in [1.807, 2.05) is 0 Å². The summed E-state index contributed by atoms with van der Waals surface area (Å²) in [4.78, 5) is 23.1. The lowest BCUT2D eigenvalue weighted by Gasteiger charge is -2.17. The molecule has 1 aromatic carbocycles. The first-order valence-electron chi connectivity index (χ1n) is 6.13. The lowest BCUT2D eigenvalue weighted by atomic mass is 9.98. The van der Waals surface area contributed by atoms with E-state index >= 15 is 0 Å². The molecule has 0 spiro atoms. The number of benzene rings is 1. The Kier molecular flexibility index (Phi) is 3.94. The molecule has 0 radical (unpaired) electrons. The van der Waals surface area contributed by atoms with Crippen LogP contribution in [0.3, 0.4) is 0 Å². The number of cyclic esters (lactones) is 1. The number of esters is 1. The summed E-state index contributed by atoms with van der Waals surface area (Å²) in [7, 11) is 2.85. The fourth-order valence-corrected chi connectivity index (χ4v) is 2.29. The molecular formula is C14H16O6. The minimum absolute atomic E-state index is 0.165. The number of phenols is 1. The molecule has 6 heteroatoms. The van der Waals surface area contributed by atoms with E-state index in [4.69, 9.17) is 14.2 Å². The van der Waals surface area contributed by atoms with Gasteiger partial charge in [-0.25, -0.2) is 4.79 Å². The second-order valence-electron chi connectivity index (χ2n) is 4.52. The van der Waals surface area contributed by atoms with Gasteiger partial charge in [0.05, 0.1) is 18.2 Å². The summed E-state index contributed by atoms with van der Waals surface area (Å²) in [6.07, 6.45) is -1.10. The number of ketones is 1. The van der Waals surface area contributed by atoms with Crippen LogP contribution >= 0.6 is 0 Å². The summed E-state index contributed by atoms with van der Waals surface area (Å²) in [5.74, 6) is -0.625. The van der Waals surface area contributed by atoms with Gasteiger partial charge in [0.1, 0.15) is 17.6 Å². The Balaban J connectivity index is 2.47. The standard InChI is InChI=1S/C14H16O6/c1-7(15)8-4-5-9(18-2)12(13(8)16)10-6-11(19-3)14(17)20-10/h4-5,10-11,16H,6H2,1-3H3/t10-,11-/m0/s1. The normalized spacial score (nSPS) is 21.6. The third-order valence-electron chi connectivity index (χ3n) is 3.33. The lowest BCUT2D eigenvalue weighted by molar-refractivity contribution is -0.148. The predicted octanol–water partition coefficient (Wildman–Crippen LogP) is 1.61. The van der Waals surface area contributed by atoms with Crippen molar-refractivity contribution in [2.24, 2.45) is 0 Å². The van der Waals surface area contributed by atoms with Crippen LogP contribution in [0.1, 0.15) is 35.4 Å². The van der Waals surface area contributed by atoms with Crippen LogP contribution in [0.15, 0.2) is 12.1 Å². The fraction of sp³-hybridized carbons (Fsp3) is 0.429. The molecule has 0 amide bonds. The molecule has 1 N–H and O–H groups in total. The van der Waals surface area contributed by atoms with Crippen molar-refractivity contribution in [3.05, 3.63) is 23.3 Å². The minimum atomic E-state index is -0.693. The van der Waals surface area contributed by atoms with Gasteiger partial charge in [0.25, 0.3) is 0 Å². The molecular weight excluding hydrogens is 264 g/mol. The molecule has 1 aliphatic heterocycles. The Morgan fingerprint density at radius 2 is 2.10 bits per heavy atom. The maximum absolute atomic E-state index is 11.6. The van der Waals surface area contributed by atoms with Crippen molar-refractivity contribution in [3.8, 4) is 11.5 Å². The molecule has 1 aromatic rings. The van der Waals surface area contributed by atoms with Crippen molar-refractivity contribution in [1.29, 1.82) is 0 Å². The summed E-state index contributed by atoms with van der Waals surface area (Å²) in [5, 5.41) is 10.2. The first-order chi connectivity index (χ1) is 9.49. The molecule has 0 aliphatic carbocycles. The molecule has 0 unspecified atom stereocenters. The smallest absolute Gasteiger partial charge is 0.336 e. The molecule has 108 valence electrons. The zero-order valence-electron chi connectivity index (χ0n) is 11.5. The molecule has 6 nitrogen and oxygen atoms in total. The molecule has 0 aromatic heterocycles. The molecule has 1 fully saturated rings. The van der Waals surface area contributed by atoms with E-state index in [0.29, 0.717) is 11.3 Å². The molecule has 20 heavy (non-hydrogen) atoms. The zero-order valence-corrected chi connectivity index (χ0v) is 11.5. The SMILES string of the molecule is COc1ccc(C(C)=O)c(O)c1[C@@H]1C[C@H](OC)C(=O)O1. The molecule has 1 heterocycles. The highest BCUT2D eigenvalue weighted by atomic mass is 16.6. The zero-order chi connectivity index (χ0) is 14.9. The number of aromatic hydroxyl groups is 1. The van der Waals surface area contributed by atoms with Gasteiger partial charge in [-0.05, 0) is 19.1 Å². The van der Waals surface area contributed by atoms with E-state index in [0.717, 1.165) is 0 Å². The molecule has 1 saturated heterocycles. The number of hydrogen-bond donors (Lipinski definition) is 1. The van der Waals surface area contributed by atoms with Gasteiger partial charge in [-0.2, -0.15) is 0 Å². The molecule has 0 saturated carbocycles. The number of hydrogen-bond acceptors (Lipinski definition) is 6. The third-order valence-corrected chi connectivity index (χ3v) is 3.33. The average molecular weight is 280 g/mol. The first-order valence-corrected chi connectivity index (χ1v) is 6.13. The molecule has 1 aliphatic rings. The summed E-state index contributed by atoms with van der Waals surface area (Å²) >= 11 is 0. The number of phenolic OH excluding ortho intramolecular Hbond substituents is 1. The van der Waals surface area contributed by atoms with Crippen molar-refractivity contribution in [2.45, 2.75) is 25.6 Å². The highest BCUT2D eigenvalue weighted by Crippen LogP contribution is 2.43. The number of Topliss-reactive ketones (excluding diaryl/α,β-unsaturated/α-hetero) is 1. The Labute approximate surface area is 116 Å². The maximum atomic E-state index is 11.6. The first kappa shape index (κ1) is 14.3. The Morgan fingerprint density at radius 3 is 2.60 bits per heavy atom. The van der Waals surface area contributed by atoms with Crippen molar-refractivity contribution in [3.63, 3.8) is 0 Å². The van der Waals surface area contributed by atoms with Crippen LogP contribution in [0, 0.1) is 0 Å². The highest BCUT2D eigenvalue weighted by molar-refractivity contribution is 5.97. The second kappa shape index (κ2) is 5.50. The van der Waals surface area contributed by atoms with Gasteiger partial charge in [-0.1, -0.05) is 0 Å². The van der Waals surface area contributed by atoms with Crippen molar-refractivity contribution in [1.82, 2.24) is 0 Å². The van der Waals surface area contributed by atoms with Gasteiger partial charge < -0.3 is 19.3 Å². The van der Waals surface area contributed by atoms with Gasteiger partial charge in [0.2, 0.25) is 0 Å². The van der Waals surface area contributed by atoms with Crippen LogP contribution < -0.4 is 4.74 Å². The number of ether oxygens (including phenoxy) is 3. The van der Waals surface area contributed by atoms with Crippen molar-refractivity contribution in [2.75, 3.05) is 14.2 Å². The van der Waals surface area contributed by atoms with Crippen LogP contribution in [0.4, 0.5) is 0 Å². The van der Waals surface area contributed by atoms with Gasteiger partial charge >= 0.3 is 5.97 Å². The summed E-state index contributed by atoms with van der Waals surface area (Å²) < 4.78 is 15.4. The average Bonchev–Trinajstić information content (AvgIpc) is 2.78. The van der Waals surface area contributed by atoms with Gasteiger partial charge in [0, 0.05) is 13.5 Å². The second-order valence-corrected chi connectivity index (χ2v) is 4.52. The topological polar surface area (TPSA) is 82.1 Å². The predicted molar refractivity (Wildman–Crippen MR) is 68.9 cm³/mol. The van der Waals surface area contributed by atoms with Crippen LogP contribution in [0.25, 0.3) is 0 Å². The van der Waals surface area contributed by atoms with Crippen molar-refractivity contribution < 1.29 is 28.9 Å². The number of methoxy groups -OCH3 is 2. The maximum Gasteiger partial charge on any atom is 0.336 e. The van der Waals surface area contributed by atoms with E-state index in [1.54, 1.807) is 6.07 Å². The lowest BCUT2D eigenvalue weighted by Crippen LogP contribution is -2.15.